The van der Waals surface area contributed by atoms with E-state index in [1.807, 2.05) is 0 Å². The van der Waals surface area contributed by atoms with E-state index in [1.54, 1.807) is 0 Å². The van der Waals surface area contributed by atoms with Gasteiger partial charge in [-0.3, -0.25) is 0 Å². The first-order valence-corrected chi connectivity index (χ1v) is 9.04. The molecule has 1 saturated heterocycles. The number of rotatable bonds is 5. The van der Waals surface area contributed by atoms with Crippen molar-refractivity contribution in [3.8, 4) is 0 Å². The Kier molecular flexibility index (Phi) is 6.10. The predicted octanol–water partition coefficient (Wildman–Crippen LogP) is 2.53. The maximum absolute atomic E-state index is 3.78. The van der Waals surface area contributed by atoms with Crippen LogP contribution in [0, 0.1) is 23.7 Å². The van der Waals surface area contributed by atoms with Gasteiger partial charge in [-0.15, -0.1) is 0 Å². The smallest absolute Gasteiger partial charge is 0.0254 e. The molecule has 3 heteroatoms. The van der Waals surface area contributed by atoms with Crippen molar-refractivity contribution in [3.63, 3.8) is 0 Å². The van der Waals surface area contributed by atoms with Crippen molar-refractivity contribution in [1.29, 1.82) is 0 Å². The van der Waals surface area contributed by atoms with Gasteiger partial charge in [0.25, 0.3) is 0 Å². The Morgan fingerprint density at radius 1 is 1.05 bits per heavy atom. The molecule has 21 heavy (non-hydrogen) atoms. The van der Waals surface area contributed by atoms with E-state index in [4.69, 9.17) is 0 Å². The molecule has 1 aliphatic heterocycles. The molecule has 1 N–H and O–H groups in total. The molecule has 6 atom stereocenters. The average molecular weight is 296 g/mol. The van der Waals surface area contributed by atoms with Crippen LogP contribution in [0.1, 0.15) is 40.5 Å². The Bertz CT molecular complexity index is 318. The zero-order chi connectivity index (χ0) is 15.6. The first kappa shape index (κ1) is 17.2. The van der Waals surface area contributed by atoms with Crippen molar-refractivity contribution >= 4 is 0 Å². The second-order valence-corrected chi connectivity index (χ2v) is 8.11. The number of likely N-dealkylation sites (N-methyl/N-ethyl adjacent to an activating group) is 1. The molecule has 1 saturated carbocycles. The van der Waals surface area contributed by atoms with Gasteiger partial charge in [0.2, 0.25) is 0 Å². The Morgan fingerprint density at radius 2 is 1.76 bits per heavy atom. The van der Waals surface area contributed by atoms with Crippen LogP contribution in [-0.2, 0) is 0 Å². The molecule has 124 valence electrons. The summed E-state index contributed by atoms with van der Waals surface area (Å²) in [6, 6.07) is 1.46. The topological polar surface area (TPSA) is 18.5 Å². The number of hydrogen-bond donors (Lipinski definition) is 1. The second kappa shape index (κ2) is 7.43. The number of nitrogens with zero attached hydrogens (tertiary/aromatic N) is 2. The van der Waals surface area contributed by atoms with E-state index in [0.29, 0.717) is 0 Å². The van der Waals surface area contributed by atoms with Gasteiger partial charge in [0.05, 0.1) is 0 Å². The normalized spacial score (nSPS) is 41.9. The minimum Gasteiger partial charge on any atom is -0.314 e. The van der Waals surface area contributed by atoms with E-state index in [0.717, 1.165) is 42.3 Å². The van der Waals surface area contributed by atoms with E-state index in [9.17, 15) is 0 Å². The molecule has 0 aromatic carbocycles. The summed E-state index contributed by atoms with van der Waals surface area (Å²) in [5.41, 5.74) is 0. The van der Waals surface area contributed by atoms with Gasteiger partial charge in [-0.2, -0.15) is 0 Å². The number of hydrogen-bond acceptors (Lipinski definition) is 3. The maximum atomic E-state index is 3.78. The molecule has 0 aromatic rings. The van der Waals surface area contributed by atoms with E-state index in [2.05, 4.69) is 56.9 Å². The molecule has 0 spiro atoms. The zero-order valence-electron chi connectivity index (χ0n) is 15.1. The molecule has 1 aliphatic carbocycles. The summed E-state index contributed by atoms with van der Waals surface area (Å²) in [5.74, 6) is 3.36. The maximum Gasteiger partial charge on any atom is 0.0254 e. The largest absolute Gasteiger partial charge is 0.314 e. The molecule has 0 radical (unpaired) electrons. The summed E-state index contributed by atoms with van der Waals surface area (Å²) in [4.78, 5) is 5.15. The van der Waals surface area contributed by atoms with Crippen LogP contribution in [0.5, 0.6) is 0 Å². The molecule has 0 amide bonds. The highest BCUT2D eigenvalue weighted by molar-refractivity contribution is 4.93. The summed E-state index contributed by atoms with van der Waals surface area (Å²) in [5, 5.41) is 3.78. The van der Waals surface area contributed by atoms with Crippen LogP contribution in [-0.4, -0.2) is 62.2 Å². The fourth-order valence-corrected chi connectivity index (χ4v) is 4.88. The van der Waals surface area contributed by atoms with Crippen molar-refractivity contribution in [2.45, 2.75) is 52.6 Å². The van der Waals surface area contributed by atoms with E-state index in [-0.39, 0.29) is 0 Å². The highest BCUT2D eigenvalue weighted by Gasteiger charge is 2.37. The van der Waals surface area contributed by atoms with Gasteiger partial charge in [0, 0.05) is 31.7 Å². The van der Waals surface area contributed by atoms with Crippen molar-refractivity contribution in [2.24, 2.45) is 23.7 Å². The van der Waals surface area contributed by atoms with Gasteiger partial charge in [-0.1, -0.05) is 27.7 Å². The molecule has 6 unspecified atom stereocenters. The fourth-order valence-electron chi connectivity index (χ4n) is 4.88. The summed E-state index contributed by atoms with van der Waals surface area (Å²) < 4.78 is 0. The third-order valence-corrected chi connectivity index (χ3v) is 5.93. The van der Waals surface area contributed by atoms with Gasteiger partial charge < -0.3 is 15.1 Å². The number of likely N-dealkylation sites (tertiary alicyclic amines) is 1. The fraction of sp³-hybridized carbons (Fsp3) is 1.00. The van der Waals surface area contributed by atoms with Crippen LogP contribution in [0.25, 0.3) is 0 Å². The van der Waals surface area contributed by atoms with Crippen LogP contribution < -0.4 is 5.32 Å². The minimum absolute atomic E-state index is 0.725. The van der Waals surface area contributed by atoms with E-state index in [1.165, 1.54) is 32.5 Å². The molecule has 2 rings (SSSR count). The Morgan fingerprint density at radius 3 is 2.33 bits per heavy atom. The highest BCUT2D eigenvalue weighted by atomic mass is 15.2. The third kappa shape index (κ3) is 4.20. The van der Waals surface area contributed by atoms with Crippen LogP contribution in [0.2, 0.25) is 0 Å². The monoisotopic (exact) mass is 295 g/mol. The molecule has 0 bridgehead atoms. The lowest BCUT2D eigenvalue weighted by Crippen LogP contribution is -2.49. The Hall–Kier alpha value is -0.120. The van der Waals surface area contributed by atoms with Crippen molar-refractivity contribution in [3.05, 3.63) is 0 Å². The van der Waals surface area contributed by atoms with Crippen molar-refractivity contribution in [2.75, 3.05) is 40.3 Å². The highest BCUT2D eigenvalue weighted by Crippen LogP contribution is 2.35. The molecular weight excluding hydrogens is 258 g/mol. The van der Waals surface area contributed by atoms with Crippen molar-refractivity contribution < 1.29 is 0 Å². The van der Waals surface area contributed by atoms with Gasteiger partial charge in [-0.05, 0) is 57.2 Å². The van der Waals surface area contributed by atoms with Crippen LogP contribution in [0.15, 0.2) is 0 Å². The number of nitrogens with one attached hydrogen (secondary N) is 1. The standard InChI is InChI=1S/C18H37N3/c1-7-19-17-9-13(2)8-14(3)16(17)11-21-10-15(4)18(12-21)20(5)6/h13-19H,7-12H2,1-6H3. The lowest BCUT2D eigenvalue weighted by atomic mass is 9.72. The van der Waals surface area contributed by atoms with Gasteiger partial charge >= 0.3 is 0 Å². The van der Waals surface area contributed by atoms with Gasteiger partial charge in [0.1, 0.15) is 0 Å². The summed E-state index contributed by atoms with van der Waals surface area (Å²) in [6.07, 6.45) is 2.77. The molecular formula is C18H37N3. The zero-order valence-corrected chi connectivity index (χ0v) is 15.1. The third-order valence-electron chi connectivity index (χ3n) is 5.93. The molecule has 3 nitrogen and oxygen atoms in total. The van der Waals surface area contributed by atoms with E-state index < -0.39 is 0 Å². The van der Waals surface area contributed by atoms with Crippen LogP contribution in [0.4, 0.5) is 0 Å². The Balaban J connectivity index is 1.96. The SMILES string of the molecule is CCNC1CC(C)CC(C)C1CN1CC(C)C(N(C)C)C1. The summed E-state index contributed by atoms with van der Waals surface area (Å²) >= 11 is 0. The average Bonchev–Trinajstić information content (AvgIpc) is 2.75. The molecule has 1 heterocycles. The minimum atomic E-state index is 0.725. The van der Waals surface area contributed by atoms with Gasteiger partial charge in [0.15, 0.2) is 0 Å². The predicted molar refractivity (Wildman–Crippen MR) is 91.6 cm³/mol. The molecule has 0 aromatic heterocycles. The second-order valence-electron chi connectivity index (χ2n) is 8.11. The first-order chi connectivity index (χ1) is 9.92. The van der Waals surface area contributed by atoms with Gasteiger partial charge in [-0.25, -0.2) is 0 Å². The first-order valence-electron chi connectivity index (χ1n) is 9.04. The summed E-state index contributed by atoms with van der Waals surface area (Å²) in [6.45, 7) is 14.5. The quantitative estimate of drug-likeness (QED) is 0.841. The van der Waals surface area contributed by atoms with E-state index >= 15 is 0 Å². The summed E-state index contributed by atoms with van der Waals surface area (Å²) in [7, 11) is 4.47. The Labute approximate surface area is 132 Å². The van der Waals surface area contributed by atoms with Crippen molar-refractivity contribution in [1.82, 2.24) is 15.1 Å². The molecule has 2 aliphatic rings. The molecule has 2 fully saturated rings. The lowest BCUT2D eigenvalue weighted by molar-refractivity contribution is 0.108. The lowest BCUT2D eigenvalue weighted by Gasteiger charge is -2.42. The van der Waals surface area contributed by atoms with Crippen LogP contribution >= 0.6 is 0 Å². The van der Waals surface area contributed by atoms with Crippen LogP contribution in [0.3, 0.4) is 0 Å².